The molecule has 308 valence electrons. The first-order chi connectivity index (χ1) is 27.9. The molecule has 9 N–H and O–H groups in total. The van der Waals surface area contributed by atoms with Crippen LogP contribution in [-0.2, 0) is 43.2 Å². The van der Waals surface area contributed by atoms with Crippen LogP contribution in [0.25, 0.3) is 21.8 Å². The van der Waals surface area contributed by atoms with Crippen molar-refractivity contribution in [1.29, 1.82) is 0 Å². The van der Waals surface area contributed by atoms with Crippen molar-refractivity contribution in [3.05, 3.63) is 108 Å². The fourth-order valence-electron chi connectivity index (χ4n) is 8.20. The van der Waals surface area contributed by atoms with E-state index in [1.54, 1.807) is 20.8 Å². The van der Waals surface area contributed by atoms with E-state index in [0.29, 0.717) is 12.8 Å². The van der Waals surface area contributed by atoms with Gasteiger partial charge in [-0.1, -0.05) is 86.5 Å². The molecule has 4 amide bonds. The second kappa shape index (κ2) is 18.4. The SMILES string of the molecule is CCCCCC(=O)N[C@@H](Cc1c[nH]c2ccccc12)C(=O)N[C@@H](Cc1c[nH]c2ccccc12)C(=O)N[C@@H](Cc1ccccc1)[C@]1(C)O[C@H](C)[C@@H](C(N)=O)N[C@]1(C)CO. The Morgan fingerprint density at radius 3 is 1.90 bits per heavy atom. The zero-order chi connectivity index (χ0) is 41.5. The van der Waals surface area contributed by atoms with Crippen LogP contribution in [-0.4, -0.2) is 86.7 Å². The average Bonchev–Trinajstić information content (AvgIpc) is 3.82. The first kappa shape index (κ1) is 42.1. The van der Waals surface area contributed by atoms with E-state index in [1.165, 1.54) is 0 Å². The molecule has 58 heavy (non-hydrogen) atoms. The first-order valence-electron chi connectivity index (χ1n) is 20.3. The maximum absolute atomic E-state index is 15.0. The zero-order valence-electron chi connectivity index (χ0n) is 33.8. The second-order valence-electron chi connectivity index (χ2n) is 16.0. The Hall–Kier alpha value is -5.50. The Balaban J connectivity index is 1.35. The molecule has 13 nitrogen and oxygen atoms in total. The lowest BCUT2D eigenvalue weighted by Gasteiger charge is -2.56. The predicted molar refractivity (Wildman–Crippen MR) is 225 cm³/mol. The van der Waals surface area contributed by atoms with Crippen LogP contribution in [0.2, 0.25) is 0 Å². The lowest BCUT2D eigenvalue weighted by molar-refractivity contribution is -0.201. The van der Waals surface area contributed by atoms with E-state index in [2.05, 4.69) is 38.2 Å². The molecule has 0 unspecified atom stereocenters. The largest absolute Gasteiger partial charge is 0.394 e. The van der Waals surface area contributed by atoms with Gasteiger partial charge in [0.1, 0.15) is 23.7 Å². The third kappa shape index (κ3) is 9.28. The Morgan fingerprint density at radius 1 is 0.776 bits per heavy atom. The molecular formula is C45H57N7O6. The highest BCUT2D eigenvalue weighted by Crippen LogP contribution is 2.37. The molecule has 0 aliphatic carbocycles. The molecule has 7 atom stereocenters. The summed E-state index contributed by atoms with van der Waals surface area (Å²) in [7, 11) is 0. The van der Waals surface area contributed by atoms with E-state index >= 15 is 0 Å². The van der Waals surface area contributed by atoms with Crippen LogP contribution in [0.1, 0.15) is 70.1 Å². The van der Waals surface area contributed by atoms with Gasteiger partial charge in [-0.15, -0.1) is 0 Å². The molecule has 0 bridgehead atoms. The number of aliphatic hydroxyl groups is 1. The van der Waals surface area contributed by atoms with Crippen molar-refractivity contribution in [3.63, 3.8) is 0 Å². The summed E-state index contributed by atoms with van der Waals surface area (Å²) in [5.74, 6) is -1.86. The van der Waals surface area contributed by atoms with Crippen LogP contribution in [0.3, 0.4) is 0 Å². The third-order valence-electron chi connectivity index (χ3n) is 11.8. The number of aromatic nitrogens is 2. The molecule has 3 aromatic carbocycles. The van der Waals surface area contributed by atoms with Gasteiger partial charge < -0.3 is 41.5 Å². The smallest absolute Gasteiger partial charge is 0.243 e. The van der Waals surface area contributed by atoms with Crippen molar-refractivity contribution in [2.45, 2.75) is 114 Å². The number of hydrogen-bond acceptors (Lipinski definition) is 7. The maximum atomic E-state index is 15.0. The number of nitrogens with one attached hydrogen (secondary N) is 6. The fraction of sp³-hybridized carbons (Fsp3) is 0.422. The summed E-state index contributed by atoms with van der Waals surface area (Å²) in [4.78, 5) is 61.8. The molecule has 13 heteroatoms. The monoisotopic (exact) mass is 791 g/mol. The zero-order valence-corrected chi connectivity index (χ0v) is 33.8. The molecular weight excluding hydrogens is 735 g/mol. The number of hydrogen-bond donors (Lipinski definition) is 8. The van der Waals surface area contributed by atoms with Gasteiger partial charge in [0, 0.05) is 53.5 Å². The number of primary amides is 1. The molecule has 5 aromatic rings. The molecule has 0 radical (unpaired) electrons. The van der Waals surface area contributed by atoms with Crippen molar-refractivity contribution in [1.82, 2.24) is 31.2 Å². The van der Waals surface area contributed by atoms with Gasteiger partial charge in [-0.05, 0) is 62.4 Å². The van der Waals surface area contributed by atoms with Gasteiger partial charge in [-0.25, -0.2) is 0 Å². The Morgan fingerprint density at radius 2 is 1.33 bits per heavy atom. The molecule has 1 aliphatic rings. The summed E-state index contributed by atoms with van der Waals surface area (Å²) in [6, 6.07) is 21.3. The summed E-state index contributed by atoms with van der Waals surface area (Å²) in [5, 5.41) is 25.2. The number of nitrogens with two attached hydrogens (primary N) is 1. The molecule has 1 saturated heterocycles. The van der Waals surface area contributed by atoms with E-state index in [0.717, 1.165) is 51.3 Å². The number of benzene rings is 3. The van der Waals surface area contributed by atoms with Crippen molar-refractivity contribution >= 4 is 45.4 Å². The summed E-state index contributed by atoms with van der Waals surface area (Å²) >= 11 is 0. The van der Waals surface area contributed by atoms with Crippen molar-refractivity contribution in [3.8, 4) is 0 Å². The summed E-state index contributed by atoms with van der Waals surface area (Å²) in [5.41, 5.74) is 7.56. The molecule has 0 saturated carbocycles. The topological polar surface area (TPSA) is 203 Å². The molecule has 2 aromatic heterocycles. The lowest BCUT2D eigenvalue weighted by atomic mass is 9.72. The first-order valence-corrected chi connectivity index (χ1v) is 20.3. The number of morpholine rings is 1. The van der Waals surface area contributed by atoms with Crippen molar-refractivity contribution in [2.75, 3.05) is 6.61 Å². The molecule has 1 aliphatic heterocycles. The number of unbranched alkanes of at least 4 members (excludes halogenated alkanes) is 2. The van der Waals surface area contributed by atoms with E-state index in [4.69, 9.17) is 10.5 Å². The van der Waals surface area contributed by atoms with Crippen LogP contribution >= 0.6 is 0 Å². The number of aliphatic hydroxyl groups excluding tert-OH is 1. The minimum Gasteiger partial charge on any atom is -0.394 e. The van der Waals surface area contributed by atoms with Gasteiger partial charge in [0.25, 0.3) is 0 Å². The second-order valence-corrected chi connectivity index (χ2v) is 16.0. The average molecular weight is 792 g/mol. The molecule has 1 fully saturated rings. The lowest BCUT2D eigenvalue weighted by Crippen LogP contribution is -2.79. The summed E-state index contributed by atoms with van der Waals surface area (Å²) in [6.45, 7) is 6.89. The highest BCUT2D eigenvalue weighted by molar-refractivity contribution is 5.94. The van der Waals surface area contributed by atoms with Gasteiger partial charge in [0.15, 0.2) is 0 Å². The van der Waals surface area contributed by atoms with E-state index in [-0.39, 0.29) is 25.2 Å². The van der Waals surface area contributed by atoms with E-state index in [9.17, 15) is 24.3 Å². The summed E-state index contributed by atoms with van der Waals surface area (Å²) < 4.78 is 6.65. The normalized spacial score (nSPS) is 22.2. The van der Waals surface area contributed by atoms with Gasteiger partial charge in [-0.2, -0.15) is 0 Å². The summed E-state index contributed by atoms with van der Waals surface area (Å²) in [6.07, 6.45) is 6.39. The number of H-pyrrole nitrogens is 2. The fourth-order valence-corrected chi connectivity index (χ4v) is 8.20. The van der Waals surface area contributed by atoms with Crippen LogP contribution in [0.15, 0.2) is 91.3 Å². The van der Waals surface area contributed by atoms with Crippen LogP contribution in [0.5, 0.6) is 0 Å². The number of aromatic amines is 2. The minimum absolute atomic E-state index is 0.122. The Bertz CT molecular complexity index is 2200. The highest BCUT2D eigenvalue weighted by Gasteiger charge is 2.57. The molecule has 3 heterocycles. The van der Waals surface area contributed by atoms with Crippen LogP contribution < -0.4 is 27.0 Å². The number of ether oxygens (including phenoxy) is 1. The number of para-hydroxylation sites is 2. The van der Waals surface area contributed by atoms with E-state index in [1.807, 2.05) is 91.3 Å². The van der Waals surface area contributed by atoms with Crippen molar-refractivity contribution in [2.24, 2.45) is 5.73 Å². The van der Waals surface area contributed by atoms with Crippen molar-refractivity contribution < 1.29 is 29.0 Å². The number of fused-ring (bicyclic) bond motifs is 2. The number of amides is 4. The molecule has 0 spiro atoms. The number of carbonyl (C=O) groups excluding carboxylic acids is 4. The Labute approximate surface area is 339 Å². The Kier molecular flexibility index (Phi) is 13.4. The predicted octanol–water partition coefficient (Wildman–Crippen LogP) is 4.08. The van der Waals surface area contributed by atoms with Crippen LogP contribution in [0, 0.1) is 0 Å². The van der Waals surface area contributed by atoms with E-state index < -0.39 is 65.7 Å². The van der Waals surface area contributed by atoms with Crippen LogP contribution in [0.4, 0.5) is 0 Å². The van der Waals surface area contributed by atoms with Gasteiger partial charge in [-0.3, -0.25) is 24.5 Å². The molecule has 6 rings (SSSR count). The number of carbonyl (C=O) groups is 4. The van der Waals surface area contributed by atoms with Gasteiger partial charge in [0.2, 0.25) is 23.6 Å². The van der Waals surface area contributed by atoms with Gasteiger partial charge >= 0.3 is 0 Å². The maximum Gasteiger partial charge on any atom is 0.243 e. The quantitative estimate of drug-likeness (QED) is 0.0611. The standard InChI is InChI=1S/C45H57N7O6/c1-5-6-8-21-39(54)49-36(23-30-25-47-34-19-13-11-17-32(30)34)42(56)50-37(24-31-26-48-35-20-14-12-18-33(31)35)43(57)51-38(22-29-15-9-7-10-16-29)45(4)44(3,27-53)52-40(41(46)55)28(2)58-45/h7,9-20,25-26,28,36-38,40,47-48,52-53H,5-6,8,21-24,27H2,1-4H3,(H2,46,55)(H,49,54)(H,50,56)(H,51,57)/t28-,36+,37+,38+,40+,44-,45+/m1/s1. The highest BCUT2D eigenvalue weighted by atomic mass is 16.5. The minimum atomic E-state index is -1.29. The third-order valence-corrected chi connectivity index (χ3v) is 11.8. The van der Waals surface area contributed by atoms with Gasteiger partial charge in [0.05, 0.1) is 24.3 Å². The number of rotatable bonds is 18.